The summed E-state index contributed by atoms with van der Waals surface area (Å²) in [6.07, 6.45) is 4.68. The molecule has 3 heteroatoms. The molecule has 7 aromatic rings. The highest BCUT2D eigenvalue weighted by Gasteiger charge is 2.45. The SMILES string of the molecule is Cc1cc2c3c(c1)N(c1ccc(-c4ccccc4)cc1)c1ccc(C(C)(C)C)cc1B3c1cc(C(C)(C)C)ccc1N2c1ccc(C2=CCCC3=C2c2ccccc2C3(C)C)cc1. The molecule has 0 saturated carbocycles. The van der Waals surface area contributed by atoms with Gasteiger partial charge in [0.25, 0.3) is 6.71 Å². The number of benzene rings is 7. The Morgan fingerprint density at radius 3 is 1.59 bits per heavy atom. The lowest BCUT2D eigenvalue weighted by Crippen LogP contribution is -2.61. The minimum absolute atomic E-state index is 0.00692. The van der Waals surface area contributed by atoms with Crippen LogP contribution in [0.2, 0.25) is 0 Å². The number of hydrogen-bond donors (Lipinski definition) is 0. The van der Waals surface area contributed by atoms with Crippen LogP contribution in [0.1, 0.15) is 102 Å². The van der Waals surface area contributed by atoms with Crippen LogP contribution in [0.3, 0.4) is 0 Å². The average Bonchev–Trinajstić information content (AvgIpc) is 3.51. The van der Waals surface area contributed by atoms with Crippen LogP contribution in [-0.2, 0) is 16.2 Å². The maximum atomic E-state index is 2.57. The molecule has 0 N–H and O–H groups in total. The van der Waals surface area contributed by atoms with E-state index in [2.05, 4.69) is 230 Å². The van der Waals surface area contributed by atoms with Gasteiger partial charge in [-0.25, -0.2) is 0 Å². The fourth-order valence-electron chi connectivity index (χ4n) is 11.2. The zero-order valence-corrected chi connectivity index (χ0v) is 38.4. The molecule has 0 bridgehead atoms. The van der Waals surface area contributed by atoms with Gasteiger partial charge in [0, 0.05) is 39.5 Å². The molecule has 0 fully saturated rings. The molecule has 2 aliphatic carbocycles. The average molecular weight is 817 g/mol. The van der Waals surface area contributed by atoms with E-state index in [0.717, 1.165) is 12.8 Å². The molecule has 2 heterocycles. The van der Waals surface area contributed by atoms with Gasteiger partial charge in [0.1, 0.15) is 0 Å². The lowest BCUT2D eigenvalue weighted by atomic mass is 9.33. The Hall–Kier alpha value is -6.32. The highest BCUT2D eigenvalue weighted by atomic mass is 15.2. The van der Waals surface area contributed by atoms with Crippen molar-refractivity contribution in [1.82, 2.24) is 0 Å². The molecule has 310 valence electrons. The summed E-state index contributed by atoms with van der Waals surface area (Å²) >= 11 is 0. The van der Waals surface area contributed by atoms with Gasteiger partial charge >= 0.3 is 0 Å². The van der Waals surface area contributed by atoms with E-state index in [1.807, 2.05) is 0 Å². The molecular formula is C60H57BN2. The van der Waals surface area contributed by atoms with Crippen LogP contribution in [0, 0.1) is 6.92 Å². The molecule has 63 heavy (non-hydrogen) atoms. The highest BCUT2D eigenvalue weighted by Crippen LogP contribution is 2.55. The zero-order valence-electron chi connectivity index (χ0n) is 38.4. The molecule has 0 aromatic heterocycles. The van der Waals surface area contributed by atoms with E-state index in [4.69, 9.17) is 0 Å². The van der Waals surface area contributed by atoms with E-state index in [0.29, 0.717) is 0 Å². The summed E-state index contributed by atoms with van der Waals surface area (Å²) in [7, 11) is 0. The summed E-state index contributed by atoms with van der Waals surface area (Å²) in [5.74, 6) is 0. The monoisotopic (exact) mass is 816 g/mol. The van der Waals surface area contributed by atoms with Gasteiger partial charge in [-0.3, -0.25) is 0 Å². The Morgan fingerprint density at radius 2 is 1.03 bits per heavy atom. The summed E-state index contributed by atoms with van der Waals surface area (Å²) in [5.41, 5.74) is 26.4. The number of fused-ring (bicyclic) bond motifs is 6. The molecule has 0 saturated heterocycles. The van der Waals surface area contributed by atoms with Crippen LogP contribution < -0.4 is 26.2 Å². The number of rotatable bonds is 4. The standard InChI is InChI=1S/C60H57BN2/c1-38-34-54-57-55(35-38)63(45-30-24-41(25-31-45)46-19-15-21-49-56(46)47-18-13-14-20-48(47)60(49,8)9)53-33-27-43(59(5,6)7)37-51(53)61(57)50-36-42(58(2,3)4)26-32-52(50)62(54)44-28-22-40(23-29-44)39-16-11-10-12-17-39/h10-14,16-20,22-37H,15,21H2,1-9H3. The number of hydrogen-bond acceptors (Lipinski definition) is 2. The predicted molar refractivity (Wildman–Crippen MR) is 272 cm³/mol. The molecule has 2 nitrogen and oxygen atoms in total. The highest BCUT2D eigenvalue weighted by molar-refractivity contribution is 7.00. The number of anilines is 6. The molecule has 7 aromatic carbocycles. The van der Waals surface area contributed by atoms with E-state index in [-0.39, 0.29) is 23.0 Å². The molecule has 2 aliphatic heterocycles. The lowest BCUT2D eigenvalue weighted by Gasteiger charge is -2.45. The molecule has 0 radical (unpaired) electrons. The fraction of sp³-hybridized carbons (Fsp3) is 0.233. The second-order valence-corrected chi connectivity index (χ2v) is 21.0. The lowest BCUT2D eigenvalue weighted by molar-refractivity contribution is 0.590. The van der Waals surface area contributed by atoms with Gasteiger partial charge in [0.05, 0.1) is 0 Å². The van der Waals surface area contributed by atoms with Gasteiger partial charge in [-0.1, -0.05) is 170 Å². The first-order chi connectivity index (χ1) is 30.2. The Kier molecular flexibility index (Phi) is 8.84. The van der Waals surface area contributed by atoms with Crippen LogP contribution in [0.5, 0.6) is 0 Å². The predicted octanol–water partition coefficient (Wildman–Crippen LogP) is 14.3. The minimum Gasteiger partial charge on any atom is -0.311 e. The fourth-order valence-corrected chi connectivity index (χ4v) is 11.2. The van der Waals surface area contributed by atoms with Crippen molar-refractivity contribution in [2.75, 3.05) is 9.80 Å². The maximum Gasteiger partial charge on any atom is 0.252 e. The van der Waals surface area contributed by atoms with Crippen molar-refractivity contribution >= 4 is 68.4 Å². The van der Waals surface area contributed by atoms with Crippen molar-refractivity contribution in [3.05, 3.63) is 197 Å². The van der Waals surface area contributed by atoms with Crippen molar-refractivity contribution in [2.45, 2.75) is 91.4 Å². The van der Waals surface area contributed by atoms with Gasteiger partial charge < -0.3 is 9.80 Å². The largest absolute Gasteiger partial charge is 0.311 e. The number of nitrogens with zero attached hydrogens (tertiary/aromatic N) is 2. The molecule has 11 rings (SSSR count). The minimum atomic E-state index is -0.0101. The summed E-state index contributed by atoms with van der Waals surface area (Å²) in [4.78, 5) is 5.11. The van der Waals surface area contributed by atoms with E-state index >= 15 is 0 Å². The molecule has 0 amide bonds. The summed E-state index contributed by atoms with van der Waals surface area (Å²) in [5, 5.41) is 0. The molecule has 0 atom stereocenters. The Bertz CT molecular complexity index is 3040. The van der Waals surface area contributed by atoms with Crippen molar-refractivity contribution < 1.29 is 0 Å². The smallest absolute Gasteiger partial charge is 0.252 e. The molecule has 0 unspecified atom stereocenters. The quantitative estimate of drug-likeness (QED) is 0.163. The van der Waals surface area contributed by atoms with Gasteiger partial charge in [-0.05, 0) is 151 Å². The second-order valence-electron chi connectivity index (χ2n) is 21.0. The summed E-state index contributed by atoms with van der Waals surface area (Å²) < 4.78 is 0. The Morgan fingerprint density at radius 1 is 0.524 bits per heavy atom. The summed E-state index contributed by atoms with van der Waals surface area (Å²) in [6.45, 7) is 21.2. The first-order valence-electron chi connectivity index (χ1n) is 23.0. The topological polar surface area (TPSA) is 6.48 Å². The van der Waals surface area contributed by atoms with Gasteiger partial charge in [0.2, 0.25) is 0 Å². The molecule has 4 aliphatic rings. The Balaban J connectivity index is 1.11. The van der Waals surface area contributed by atoms with E-state index < -0.39 is 0 Å². The maximum absolute atomic E-state index is 2.57. The van der Waals surface area contributed by atoms with Crippen LogP contribution in [-0.4, -0.2) is 6.71 Å². The first-order valence-corrected chi connectivity index (χ1v) is 23.0. The van der Waals surface area contributed by atoms with Crippen molar-refractivity contribution in [3.8, 4) is 11.1 Å². The van der Waals surface area contributed by atoms with Crippen LogP contribution >= 0.6 is 0 Å². The Labute approximate surface area is 375 Å². The normalized spacial score (nSPS) is 16.0. The van der Waals surface area contributed by atoms with Crippen LogP contribution in [0.4, 0.5) is 34.1 Å². The van der Waals surface area contributed by atoms with Gasteiger partial charge in [-0.2, -0.15) is 0 Å². The third-order valence-corrected chi connectivity index (χ3v) is 14.5. The number of aryl methyl sites for hydroxylation is 1. The third-order valence-electron chi connectivity index (χ3n) is 14.5. The number of allylic oxidation sites excluding steroid dienone is 4. The van der Waals surface area contributed by atoms with Gasteiger partial charge in [-0.15, -0.1) is 0 Å². The van der Waals surface area contributed by atoms with E-state index in [1.54, 1.807) is 5.57 Å². The van der Waals surface area contributed by atoms with E-state index in [1.165, 1.54) is 106 Å². The van der Waals surface area contributed by atoms with Crippen molar-refractivity contribution in [2.24, 2.45) is 0 Å². The first kappa shape index (κ1) is 39.5. The molecular weight excluding hydrogens is 759 g/mol. The summed E-state index contributed by atoms with van der Waals surface area (Å²) in [6, 6.07) is 58.0. The van der Waals surface area contributed by atoms with Crippen molar-refractivity contribution in [1.29, 1.82) is 0 Å². The van der Waals surface area contributed by atoms with Crippen LogP contribution in [0.25, 0.3) is 22.3 Å². The van der Waals surface area contributed by atoms with Gasteiger partial charge in [0.15, 0.2) is 0 Å². The van der Waals surface area contributed by atoms with Crippen molar-refractivity contribution in [3.63, 3.8) is 0 Å². The molecule has 0 spiro atoms. The van der Waals surface area contributed by atoms with E-state index in [9.17, 15) is 0 Å². The second kappa shape index (κ2) is 14.1. The third kappa shape index (κ3) is 6.22. The zero-order chi connectivity index (χ0) is 43.6. The van der Waals surface area contributed by atoms with Crippen LogP contribution in [0.15, 0.2) is 163 Å².